The van der Waals surface area contributed by atoms with Crippen molar-refractivity contribution in [1.29, 1.82) is 0 Å². The fourth-order valence-corrected chi connectivity index (χ4v) is 2.27. The molecule has 2 aromatic carbocycles. The second-order valence-corrected chi connectivity index (χ2v) is 5.33. The van der Waals surface area contributed by atoms with E-state index in [1.165, 1.54) is 0 Å². The topological polar surface area (TPSA) is 85.8 Å². The number of para-hydroxylation sites is 1. The molecule has 1 heterocycles. The van der Waals surface area contributed by atoms with Crippen LogP contribution in [0.4, 0.5) is 5.69 Å². The van der Waals surface area contributed by atoms with Crippen molar-refractivity contribution in [2.45, 2.75) is 6.54 Å². The zero-order valence-electron chi connectivity index (χ0n) is 12.1. The quantitative estimate of drug-likeness (QED) is 0.754. The minimum absolute atomic E-state index is 0.398. The molecular formula is C16H14ClN5O. The van der Waals surface area contributed by atoms with Gasteiger partial charge in [0.2, 0.25) is 0 Å². The summed E-state index contributed by atoms with van der Waals surface area (Å²) in [7, 11) is 0. The summed E-state index contributed by atoms with van der Waals surface area (Å²) in [5.41, 5.74) is 8.05. The highest BCUT2D eigenvalue weighted by Gasteiger charge is 2.11. The molecule has 116 valence electrons. The van der Waals surface area contributed by atoms with E-state index >= 15 is 0 Å². The van der Waals surface area contributed by atoms with Crippen LogP contribution in [0.2, 0.25) is 5.02 Å². The lowest BCUT2D eigenvalue weighted by atomic mass is 10.1. The van der Waals surface area contributed by atoms with Gasteiger partial charge in [-0.25, -0.2) is 4.68 Å². The molecule has 23 heavy (non-hydrogen) atoms. The molecule has 0 radical (unpaired) electrons. The fraction of sp³-hybridized carbons (Fsp3) is 0.0625. The van der Waals surface area contributed by atoms with Gasteiger partial charge in [-0.05, 0) is 36.4 Å². The van der Waals surface area contributed by atoms with Crippen LogP contribution >= 0.6 is 11.6 Å². The van der Waals surface area contributed by atoms with Crippen LogP contribution in [0, 0.1) is 0 Å². The largest absolute Gasteiger partial charge is 0.379 e. The number of hydrogen-bond donors (Lipinski definition) is 2. The van der Waals surface area contributed by atoms with Crippen molar-refractivity contribution < 1.29 is 4.79 Å². The number of anilines is 1. The van der Waals surface area contributed by atoms with Gasteiger partial charge >= 0.3 is 0 Å². The summed E-state index contributed by atoms with van der Waals surface area (Å²) in [4.78, 5) is 11.5. The normalized spacial score (nSPS) is 10.5. The lowest BCUT2D eigenvalue weighted by molar-refractivity contribution is 0.1000. The molecular weight excluding hydrogens is 314 g/mol. The molecule has 3 N–H and O–H groups in total. The van der Waals surface area contributed by atoms with E-state index in [9.17, 15) is 4.79 Å². The van der Waals surface area contributed by atoms with Crippen molar-refractivity contribution in [3.63, 3.8) is 0 Å². The zero-order valence-corrected chi connectivity index (χ0v) is 12.9. The first kappa shape index (κ1) is 15.1. The second-order valence-electron chi connectivity index (χ2n) is 4.90. The zero-order chi connectivity index (χ0) is 16.2. The molecule has 0 unspecified atom stereocenters. The molecule has 0 fully saturated rings. The number of amides is 1. The number of halogens is 1. The van der Waals surface area contributed by atoms with Crippen molar-refractivity contribution in [1.82, 2.24) is 15.0 Å². The van der Waals surface area contributed by atoms with Crippen LogP contribution in [0.5, 0.6) is 0 Å². The van der Waals surface area contributed by atoms with E-state index in [1.54, 1.807) is 29.1 Å². The Kier molecular flexibility index (Phi) is 4.25. The maximum atomic E-state index is 11.5. The molecule has 1 amide bonds. The molecule has 3 aromatic rings. The molecule has 7 heteroatoms. The summed E-state index contributed by atoms with van der Waals surface area (Å²) in [6.07, 6.45) is 1.75. The number of rotatable bonds is 5. The van der Waals surface area contributed by atoms with Gasteiger partial charge in [0.25, 0.3) is 5.91 Å². The molecule has 0 bridgehead atoms. The number of nitrogens with zero attached hydrogens (tertiary/aromatic N) is 3. The average Bonchev–Trinajstić information content (AvgIpc) is 3.03. The first-order chi connectivity index (χ1) is 11.1. The van der Waals surface area contributed by atoms with Crippen molar-refractivity contribution in [2.75, 3.05) is 5.32 Å². The molecule has 3 rings (SSSR count). The molecule has 6 nitrogen and oxygen atoms in total. The first-order valence-electron chi connectivity index (χ1n) is 6.93. The fourth-order valence-electron chi connectivity index (χ4n) is 2.14. The van der Waals surface area contributed by atoms with Crippen LogP contribution in [-0.4, -0.2) is 20.9 Å². The number of carbonyl (C=O) groups excluding carboxylic acids is 1. The lowest BCUT2D eigenvalue weighted by Crippen LogP contribution is -2.14. The number of nitrogens with one attached hydrogen (secondary N) is 1. The molecule has 0 saturated carbocycles. The Morgan fingerprint density at radius 2 is 1.91 bits per heavy atom. The Morgan fingerprint density at radius 3 is 2.65 bits per heavy atom. The van der Waals surface area contributed by atoms with Gasteiger partial charge in [-0.3, -0.25) is 4.79 Å². The highest BCUT2D eigenvalue weighted by atomic mass is 35.5. The van der Waals surface area contributed by atoms with Gasteiger partial charge in [0.15, 0.2) is 0 Å². The standard InChI is InChI=1S/C16H14ClN5O/c17-11-5-7-12(8-6-11)19-9-13-10-22(21-20-13)15-4-2-1-3-14(15)16(18)23/h1-8,10,19H,9H2,(H2,18,23). The van der Waals surface area contributed by atoms with E-state index in [0.29, 0.717) is 22.8 Å². The van der Waals surface area contributed by atoms with Crippen molar-refractivity contribution in [3.05, 3.63) is 71.0 Å². The van der Waals surface area contributed by atoms with E-state index in [1.807, 2.05) is 30.3 Å². The number of primary amides is 1. The Bertz CT molecular complexity index is 828. The number of benzene rings is 2. The van der Waals surface area contributed by atoms with E-state index in [4.69, 9.17) is 17.3 Å². The summed E-state index contributed by atoms with van der Waals surface area (Å²) < 4.78 is 1.54. The highest BCUT2D eigenvalue weighted by Crippen LogP contribution is 2.15. The molecule has 0 aliphatic heterocycles. The minimum Gasteiger partial charge on any atom is -0.379 e. The minimum atomic E-state index is -0.503. The summed E-state index contributed by atoms with van der Waals surface area (Å²) in [5.74, 6) is -0.503. The smallest absolute Gasteiger partial charge is 0.250 e. The molecule has 0 atom stereocenters. The van der Waals surface area contributed by atoms with Crippen molar-refractivity contribution >= 4 is 23.2 Å². The van der Waals surface area contributed by atoms with Crippen LogP contribution in [0.3, 0.4) is 0 Å². The Balaban J connectivity index is 1.76. The van der Waals surface area contributed by atoms with Crippen molar-refractivity contribution in [2.24, 2.45) is 5.73 Å². The van der Waals surface area contributed by atoms with E-state index in [0.717, 1.165) is 11.4 Å². The third-order valence-electron chi connectivity index (χ3n) is 3.28. The SMILES string of the molecule is NC(=O)c1ccccc1-n1cc(CNc2ccc(Cl)cc2)nn1. The van der Waals surface area contributed by atoms with Crippen LogP contribution in [0.15, 0.2) is 54.7 Å². The van der Waals surface area contributed by atoms with Gasteiger partial charge < -0.3 is 11.1 Å². The van der Waals surface area contributed by atoms with Gasteiger partial charge in [-0.1, -0.05) is 28.9 Å². The predicted octanol–water partition coefficient (Wildman–Crippen LogP) is 2.63. The van der Waals surface area contributed by atoms with E-state index in [2.05, 4.69) is 15.6 Å². The average molecular weight is 328 g/mol. The number of hydrogen-bond acceptors (Lipinski definition) is 4. The number of nitrogens with two attached hydrogens (primary N) is 1. The molecule has 0 spiro atoms. The van der Waals surface area contributed by atoms with Gasteiger partial charge in [0.1, 0.15) is 5.69 Å². The lowest BCUT2D eigenvalue weighted by Gasteiger charge is -2.05. The molecule has 1 aromatic heterocycles. The van der Waals surface area contributed by atoms with Crippen LogP contribution in [-0.2, 0) is 6.54 Å². The molecule has 0 saturated heterocycles. The number of aromatic nitrogens is 3. The Labute approximate surface area is 137 Å². The Hall–Kier alpha value is -2.86. The molecule has 0 aliphatic rings. The van der Waals surface area contributed by atoms with Crippen LogP contribution in [0.25, 0.3) is 5.69 Å². The maximum Gasteiger partial charge on any atom is 0.250 e. The van der Waals surface area contributed by atoms with E-state index in [-0.39, 0.29) is 0 Å². The third-order valence-corrected chi connectivity index (χ3v) is 3.53. The summed E-state index contributed by atoms with van der Waals surface area (Å²) in [5, 5.41) is 12.1. The van der Waals surface area contributed by atoms with Gasteiger partial charge in [0.05, 0.1) is 24.0 Å². The first-order valence-corrected chi connectivity index (χ1v) is 7.31. The van der Waals surface area contributed by atoms with E-state index < -0.39 is 5.91 Å². The van der Waals surface area contributed by atoms with Crippen LogP contribution < -0.4 is 11.1 Å². The second kappa shape index (κ2) is 6.50. The van der Waals surface area contributed by atoms with Gasteiger partial charge in [-0.15, -0.1) is 5.10 Å². The van der Waals surface area contributed by atoms with Crippen LogP contribution in [0.1, 0.15) is 16.1 Å². The van der Waals surface area contributed by atoms with Gasteiger partial charge in [-0.2, -0.15) is 0 Å². The third kappa shape index (κ3) is 3.49. The summed E-state index contributed by atoms with van der Waals surface area (Å²) in [6.45, 7) is 0.500. The van der Waals surface area contributed by atoms with Crippen molar-refractivity contribution in [3.8, 4) is 5.69 Å². The highest BCUT2D eigenvalue weighted by molar-refractivity contribution is 6.30. The van der Waals surface area contributed by atoms with Gasteiger partial charge in [0, 0.05) is 10.7 Å². The number of carbonyl (C=O) groups is 1. The Morgan fingerprint density at radius 1 is 1.17 bits per heavy atom. The molecule has 0 aliphatic carbocycles. The maximum absolute atomic E-state index is 11.5. The summed E-state index contributed by atoms with van der Waals surface area (Å²) >= 11 is 5.85. The summed E-state index contributed by atoms with van der Waals surface area (Å²) in [6, 6.07) is 14.4. The predicted molar refractivity (Wildman–Crippen MR) is 88.7 cm³/mol. The monoisotopic (exact) mass is 327 g/mol.